The van der Waals surface area contributed by atoms with Crippen molar-refractivity contribution in [1.82, 2.24) is 25.0 Å². The molecular formula is C16H14N6O2S2. The van der Waals surface area contributed by atoms with E-state index in [2.05, 4.69) is 20.3 Å². The molecular weight excluding hydrogens is 372 g/mol. The van der Waals surface area contributed by atoms with Crippen LogP contribution in [-0.2, 0) is 5.75 Å². The summed E-state index contributed by atoms with van der Waals surface area (Å²) in [6.07, 6.45) is 0. The maximum Gasteiger partial charge on any atom is 0.237 e. The molecule has 132 valence electrons. The van der Waals surface area contributed by atoms with E-state index in [9.17, 15) is 0 Å². The number of nitrogen functional groups attached to an aromatic ring is 1. The van der Waals surface area contributed by atoms with E-state index >= 15 is 0 Å². The molecule has 2 N–H and O–H groups in total. The molecule has 26 heavy (non-hydrogen) atoms. The molecule has 0 radical (unpaired) electrons. The Bertz CT molecular complexity index is 1010. The molecule has 3 heterocycles. The smallest absolute Gasteiger partial charge is 0.237 e. The summed E-state index contributed by atoms with van der Waals surface area (Å²) >= 11 is 2.94. The number of aromatic nitrogens is 5. The van der Waals surface area contributed by atoms with Gasteiger partial charge in [0.25, 0.3) is 0 Å². The van der Waals surface area contributed by atoms with Crippen molar-refractivity contribution in [3.8, 4) is 27.8 Å². The molecule has 1 aromatic carbocycles. The molecule has 0 spiro atoms. The van der Waals surface area contributed by atoms with E-state index in [1.165, 1.54) is 16.4 Å². The first kappa shape index (κ1) is 16.6. The summed E-state index contributed by atoms with van der Waals surface area (Å²) in [6, 6.07) is 11.4. The molecule has 0 saturated carbocycles. The van der Waals surface area contributed by atoms with Gasteiger partial charge in [0, 0.05) is 5.56 Å². The quantitative estimate of drug-likeness (QED) is 0.398. The van der Waals surface area contributed by atoms with Crippen LogP contribution in [-0.4, -0.2) is 32.1 Å². The first-order chi connectivity index (χ1) is 12.7. The standard InChI is InChI=1S/C16H14N6O2S2/c1-23-11-5-2-4-10(8-11)14-18-13(24-21-14)9-26-16-20-19-15(22(16)17)12-6-3-7-25-12/h2-8H,9,17H2,1H3. The Morgan fingerprint density at radius 3 is 3.00 bits per heavy atom. The number of nitrogens with zero attached hydrogens (tertiary/aromatic N) is 5. The van der Waals surface area contributed by atoms with E-state index in [-0.39, 0.29) is 0 Å². The van der Waals surface area contributed by atoms with Crippen molar-refractivity contribution in [3.05, 3.63) is 47.7 Å². The number of benzene rings is 1. The molecule has 0 bridgehead atoms. The molecule has 0 atom stereocenters. The number of hydrogen-bond donors (Lipinski definition) is 1. The lowest BCUT2D eigenvalue weighted by Gasteiger charge is -2.00. The molecule has 0 aliphatic carbocycles. The van der Waals surface area contributed by atoms with Gasteiger partial charge in [0.15, 0.2) is 5.82 Å². The number of rotatable bonds is 6. The van der Waals surface area contributed by atoms with Crippen LogP contribution in [0.15, 0.2) is 51.5 Å². The first-order valence-electron chi connectivity index (χ1n) is 7.59. The average molecular weight is 386 g/mol. The molecule has 0 unspecified atom stereocenters. The highest BCUT2D eigenvalue weighted by atomic mass is 32.2. The topological polar surface area (TPSA) is 105 Å². The minimum Gasteiger partial charge on any atom is -0.497 e. The highest BCUT2D eigenvalue weighted by Gasteiger charge is 2.15. The Morgan fingerprint density at radius 2 is 2.19 bits per heavy atom. The van der Waals surface area contributed by atoms with Gasteiger partial charge in [-0.1, -0.05) is 35.1 Å². The van der Waals surface area contributed by atoms with Crippen molar-refractivity contribution < 1.29 is 9.26 Å². The summed E-state index contributed by atoms with van der Waals surface area (Å²) in [7, 11) is 1.62. The SMILES string of the molecule is COc1cccc(-c2noc(CSc3nnc(-c4cccs4)n3N)n2)c1. The van der Waals surface area contributed by atoms with Crippen LogP contribution >= 0.6 is 23.1 Å². The fourth-order valence-corrected chi connectivity index (χ4v) is 3.67. The lowest BCUT2D eigenvalue weighted by molar-refractivity contribution is 0.391. The number of thiophene rings is 1. The third-order valence-corrected chi connectivity index (χ3v) is 5.32. The molecule has 3 aromatic heterocycles. The van der Waals surface area contributed by atoms with Crippen LogP contribution in [0.25, 0.3) is 22.1 Å². The molecule has 8 nitrogen and oxygen atoms in total. The van der Waals surface area contributed by atoms with E-state index < -0.39 is 0 Å². The Labute approximate surface area is 157 Å². The number of hydrogen-bond acceptors (Lipinski definition) is 9. The second kappa shape index (κ2) is 7.18. The van der Waals surface area contributed by atoms with Gasteiger partial charge < -0.3 is 15.1 Å². The molecule has 0 aliphatic rings. The van der Waals surface area contributed by atoms with Crippen LogP contribution < -0.4 is 10.6 Å². The fraction of sp³-hybridized carbons (Fsp3) is 0.125. The summed E-state index contributed by atoms with van der Waals surface area (Å²) in [5, 5.41) is 14.8. The summed E-state index contributed by atoms with van der Waals surface area (Å²) in [5.74, 6) is 8.88. The van der Waals surface area contributed by atoms with Crippen molar-refractivity contribution in [1.29, 1.82) is 0 Å². The van der Waals surface area contributed by atoms with Crippen LogP contribution in [0.3, 0.4) is 0 Å². The van der Waals surface area contributed by atoms with Gasteiger partial charge in [-0.15, -0.1) is 21.5 Å². The van der Waals surface area contributed by atoms with Gasteiger partial charge in [0.2, 0.25) is 16.9 Å². The zero-order chi connectivity index (χ0) is 17.9. The summed E-state index contributed by atoms with van der Waals surface area (Å²) in [6.45, 7) is 0. The molecule has 10 heteroatoms. The molecule has 0 amide bonds. The van der Waals surface area contributed by atoms with Crippen molar-refractivity contribution in [2.75, 3.05) is 13.0 Å². The van der Waals surface area contributed by atoms with Gasteiger partial charge in [0.05, 0.1) is 17.7 Å². The highest BCUT2D eigenvalue weighted by molar-refractivity contribution is 7.98. The monoisotopic (exact) mass is 386 g/mol. The van der Waals surface area contributed by atoms with E-state index in [4.69, 9.17) is 15.1 Å². The minimum atomic E-state index is 0.441. The normalized spacial score (nSPS) is 11.0. The molecule has 0 saturated heterocycles. The number of thioether (sulfide) groups is 1. The minimum absolute atomic E-state index is 0.441. The molecule has 0 aliphatic heterocycles. The number of methoxy groups -OCH3 is 1. The van der Waals surface area contributed by atoms with Crippen molar-refractivity contribution >= 4 is 23.1 Å². The van der Waals surface area contributed by atoms with Crippen LogP contribution in [0.1, 0.15) is 5.89 Å². The Balaban J connectivity index is 1.47. The van der Waals surface area contributed by atoms with Crippen molar-refractivity contribution in [2.45, 2.75) is 10.9 Å². The fourth-order valence-electron chi connectivity index (χ4n) is 2.27. The number of ether oxygens (including phenoxy) is 1. The van der Waals surface area contributed by atoms with Gasteiger partial charge in [0.1, 0.15) is 5.75 Å². The van der Waals surface area contributed by atoms with E-state index in [1.807, 2.05) is 41.8 Å². The van der Waals surface area contributed by atoms with Crippen LogP contribution in [0, 0.1) is 0 Å². The maximum atomic E-state index is 6.08. The summed E-state index contributed by atoms with van der Waals surface area (Å²) < 4.78 is 12.0. The lowest BCUT2D eigenvalue weighted by atomic mass is 10.2. The van der Waals surface area contributed by atoms with E-state index in [1.54, 1.807) is 18.4 Å². The van der Waals surface area contributed by atoms with Crippen molar-refractivity contribution in [2.24, 2.45) is 0 Å². The van der Waals surface area contributed by atoms with E-state index in [0.717, 1.165) is 16.2 Å². The second-order valence-corrected chi connectivity index (χ2v) is 7.08. The zero-order valence-corrected chi connectivity index (χ0v) is 15.3. The maximum absolute atomic E-state index is 6.08. The van der Waals surface area contributed by atoms with Crippen molar-refractivity contribution in [3.63, 3.8) is 0 Å². The zero-order valence-electron chi connectivity index (χ0n) is 13.7. The van der Waals surface area contributed by atoms with Gasteiger partial charge >= 0.3 is 0 Å². The van der Waals surface area contributed by atoms with Crippen LogP contribution in [0.4, 0.5) is 0 Å². The predicted octanol–water partition coefficient (Wildman–Crippen LogP) is 3.07. The van der Waals surface area contributed by atoms with Gasteiger partial charge in [-0.2, -0.15) is 4.98 Å². The van der Waals surface area contributed by atoms with E-state index in [0.29, 0.717) is 28.4 Å². The summed E-state index contributed by atoms with van der Waals surface area (Å²) in [4.78, 5) is 5.37. The third kappa shape index (κ3) is 3.28. The Morgan fingerprint density at radius 1 is 1.27 bits per heavy atom. The second-order valence-electron chi connectivity index (χ2n) is 5.19. The van der Waals surface area contributed by atoms with Crippen LogP contribution in [0.5, 0.6) is 5.75 Å². The highest BCUT2D eigenvalue weighted by Crippen LogP contribution is 2.27. The lowest BCUT2D eigenvalue weighted by Crippen LogP contribution is -2.11. The van der Waals surface area contributed by atoms with Gasteiger partial charge in [-0.25, -0.2) is 4.68 Å². The Hall–Kier alpha value is -2.85. The first-order valence-corrected chi connectivity index (χ1v) is 9.45. The van der Waals surface area contributed by atoms with Crippen LogP contribution in [0.2, 0.25) is 0 Å². The van der Waals surface area contributed by atoms with Gasteiger partial charge in [-0.05, 0) is 23.6 Å². The average Bonchev–Trinajstić information content (AvgIpc) is 3.41. The molecule has 4 aromatic rings. The molecule has 4 rings (SSSR count). The predicted molar refractivity (Wildman–Crippen MR) is 99.3 cm³/mol. The Kier molecular flexibility index (Phi) is 4.59. The molecule has 0 fully saturated rings. The largest absolute Gasteiger partial charge is 0.497 e. The third-order valence-electron chi connectivity index (χ3n) is 3.53. The summed E-state index contributed by atoms with van der Waals surface area (Å²) in [5.41, 5.74) is 0.825. The van der Waals surface area contributed by atoms with Gasteiger partial charge in [-0.3, -0.25) is 0 Å². The number of nitrogens with two attached hydrogens (primary N) is 1.